The van der Waals surface area contributed by atoms with Crippen molar-refractivity contribution in [3.63, 3.8) is 0 Å². The third-order valence-corrected chi connectivity index (χ3v) is 7.06. The van der Waals surface area contributed by atoms with E-state index >= 15 is 0 Å². The first-order valence-corrected chi connectivity index (χ1v) is 11.9. The standard InChI is InChI=1S/C25H27F2N3O2S/c1-17-22(18(2)32-28-17)16-33-23-10-5-4-9-21(23)24(31)30-13-11-29(12-14-30)20-8-6-7-19(15-20)25(3,26)27/h4-10,15H,11-14,16H2,1-3H3. The van der Waals surface area contributed by atoms with Gasteiger partial charge in [-0.25, -0.2) is 8.78 Å². The Morgan fingerprint density at radius 2 is 1.82 bits per heavy atom. The topological polar surface area (TPSA) is 49.6 Å². The van der Waals surface area contributed by atoms with Gasteiger partial charge < -0.3 is 14.3 Å². The van der Waals surface area contributed by atoms with Crippen molar-refractivity contribution in [1.82, 2.24) is 10.1 Å². The van der Waals surface area contributed by atoms with E-state index < -0.39 is 5.92 Å². The predicted octanol–water partition coefficient (Wildman–Crippen LogP) is 5.66. The Balaban J connectivity index is 1.42. The molecule has 1 fully saturated rings. The number of alkyl halides is 2. The Kier molecular flexibility index (Phi) is 6.74. The second-order valence-corrected chi connectivity index (χ2v) is 9.32. The molecule has 2 heterocycles. The average Bonchev–Trinajstić information content (AvgIpc) is 3.14. The zero-order valence-electron chi connectivity index (χ0n) is 19.0. The highest BCUT2D eigenvalue weighted by atomic mass is 32.2. The number of anilines is 1. The first-order valence-electron chi connectivity index (χ1n) is 10.9. The summed E-state index contributed by atoms with van der Waals surface area (Å²) in [5.41, 5.74) is 3.36. The van der Waals surface area contributed by atoms with Crippen LogP contribution in [0.4, 0.5) is 14.5 Å². The molecule has 0 bridgehead atoms. The number of benzene rings is 2. The van der Waals surface area contributed by atoms with Crippen LogP contribution in [0.25, 0.3) is 0 Å². The van der Waals surface area contributed by atoms with Crippen molar-refractivity contribution in [2.45, 2.75) is 37.3 Å². The minimum atomic E-state index is -2.88. The Hall–Kier alpha value is -2.87. The van der Waals surface area contributed by atoms with Gasteiger partial charge in [0.1, 0.15) is 5.76 Å². The Morgan fingerprint density at radius 3 is 2.48 bits per heavy atom. The molecule has 4 rings (SSSR count). The van der Waals surface area contributed by atoms with Crippen LogP contribution in [-0.4, -0.2) is 42.1 Å². The molecule has 1 saturated heterocycles. The van der Waals surface area contributed by atoms with E-state index in [0.29, 0.717) is 37.5 Å². The fourth-order valence-electron chi connectivity index (χ4n) is 3.94. The van der Waals surface area contributed by atoms with E-state index in [9.17, 15) is 13.6 Å². The quantitative estimate of drug-likeness (QED) is 0.435. The molecule has 1 aliphatic heterocycles. The van der Waals surface area contributed by atoms with E-state index in [1.165, 1.54) is 12.1 Å². The van der Waals surface area contributed by atoms with Gasteiger partial charge in [-0.3, -0.25) is 4.79 Å². The number of carbonyl (C=O) groups excluding carboxylic acids is 1. The van der Waals surface area contributed by atoms with Gasteiger partial charge in [-0.2, -0.15) is 0 Å². The highest BCUT2D eigenvalue weighted by molar-refractivity contribution is 7.98. The monoisotopic (exact) mass is 471 g/mol. The van der Waals surface area contributed by atoms with E-state index in [4.69, 9.17) is 4.52 Å². The molecule has 0 unspecified atom stereocenters. The van der Waals surface area contributed by atoms with Crippen molar-refractivity contribution < 1.29 is 18.1 Å². The molecule has 2 aromatic carbocycles. The number of halogens is 2. The first-order chi connectivity index (χ1) is 15.7. The fraction of sp³-hybridized carbons (Fsp3) is 0.360. The summed E-state index contributed by atoms with van der Waals surface area (Å²) in [5.74, 6) is -1.41. The summed E-state index contributed by atoms with van der Waals surface area (Å²) < 4.78 is 32.7. The number of carbonyl (C=O) groups is 1. The molecule has 1 aliphatic rings. The number of thioether (sulfide) groups is 1. The van der Waals surface area contributed by atoms with Crippen molar-refractivity contribution in [2.75, 3.05) is 31.1 Å². The highest BCUT2D eigenvalue weighted by Gasteiger charge is 2.27. The lowest BCUT2D eigenvalue weighted by Crippen LogP contribution is -2.49. The van der Waals surface area contributed by atoms with E-state index in [2.05, 4.69) is 10.1 Å². The normalized spacial score (nSPS) is 14.6. The number of rotatable bonds is 6. The number of nitrogens with zero attached hydrogens (tertiary/aromatic N) is 3. The minimum Gasteiger partial charge on any atom is -0.368 e. The number of aromatic nitrogens is 1. The van der Waals surface area contributed by atoms with Gasteiger partial charge in [0.2, 0.25) is 0 Å². The molecule has 0 saturated carbocycles. The van der Waals surface area contributed by atoms with Crippen molar-refractivity contribution in [1.29, 1.82) is 0 Å². The van der Waals surface area contributed by atoms with Gasteiger partial charge in [0.05, 0.1) is 11.3 Å². The van der Waals surface area contributed by atoms with Crippen molar-refractivity contribution in [3.05, 3.63) is 76.7 Å². The highest BCUT2D eigenvalue weighted by Crippen LogP contribution is 2.31. The van der Waals surface area contributed by atoms with E-state index in [0.717, 1.165) is 34.5 Å². The van der Waals surface area contributed by atoms with Crippen molar-refractivity contribution in [2.24, 2.45) is 0 Å². The largest absolute Gasteiger partial charge is 0.368 e. The van der Waals surface area contributed by atoms with Crippen LogP contribution in [0, 0.1) is 13.8 Å². The van der Waals surface area contributed by atoms with Crippen LogP contribution >= 0.6 is 11.8 Å². The number of hydrogen-bond acceptors (Lipinski definition) is 5. The maximum Gasteiger partial charge on any atom is 0.270 e. The van der Waals surface area contributed by atoms with Crippen LogP contribution in [0.1, 0.15) is 39.9 Å². The first kappa shape index (κ1) is 23.3. The van der Waals surface area contributed by atoms with Crippen LogP contribution in [0.15, 0.2) is 57.9 Å². The molecule has 0 N–H and O–H groups in total. The molecule has 0 radical (unpaired) electrons. The molecule has 33 heavy (non-hydrogen) atoms. The van der Waals surface area contributed by atoms with E-state index in [-0.39, 0.29) is 11.5 Å². The van der Waals surface area contributed by atoms with Crippen molar-refractivity contribution >= 4 is 23.4 Å². The summed E-state index contributed by atoms with van der Waals surface area (Å²) >= 11 is 1.60. The summed E-state index contributed by atoms with van der Waals surface area (Å²) in [6.07, 6.45) is 0. The van der Waals surface area contributed by atoms with Gasteiger partial charge >= 0.3 is 0 Å². The lowest BCUT2D eigenvalue weighted by atomic mass is 10.1. The molecule has 1 amide bonds. The smallest absolute Gasteiger partial charge is 0.270 e. The molecule has 8 heteroatoms. The minimum absolute atomic E-state index is 0.00255. The van der Waals surface area contributed by atoms with Crippen LogP contribution in [0.5, 0.6) is 0 Å². The maximum atomic E-state index is 13.7. The lowest BCUT2D eigenvalue weighted by molar-refractivity contribution is 0.0175. The fourth-order valence-corrected chi connectivity index (χ4v) is 5.14. The number of piperazine rings is 1. The molecule has 0 aliphatic carbocycles. The van der Waals surface area contributed by atoms with Crippen molar-refractivity contribution in [3.8, 4) is 0 Å². The molecule has 0 atom stereocenters. The molecular formula is C25H27F2N3O2S. The zero-order valence-corrected chi connectivity index (χ0v) is 19.8. The second kappa shape index (κ2) is 9.55. The van der Waals surface area contributed by atoms with Gasteiger partial charge in [-0.15, -0.1) is 11.8 Å². The number of hydrogen-bond donors (Lipinski definition) is 0. The summed E-state index contributed by atoms with van der Waals surface area (Å²) in [6, 6.07) is 14.1. The van der Waals surface area contributed by atoms with Crippen LogP contribution in [0.3, 0.4) is 0 Å². The van der Waals surface area contributed by atoms with Gasteiger partial charge in [-0.1, -0.05) is 29.4 Å². The third kappa shape index (κ3) is 5.21. The van der Waals surface area contributed by atoms with Gasteiger partial charge in [0.15, 0.2) is 0 Å². The van der Waals surface area contributed by atoms with Gasteiger partial charge in [0.25, 0.3) is 11.8 Å². The van der Waals surface area contributed by atoms with Crippen LogP contribution in [-0.2, 0) is 11.7 Å². The lowest BCUT2D eigenvalue weighted by Gasteiger charge is -2.36. The third-order valence-electron chi connectivity index (χ3n) is 5.96. The Bertz CT molecular complexity index is 1120. The van der Waals surface area contributed by atoms with Gasteiger partial charge in [0, 0.05) is 60.6 Å². The molecule has 1 aromatic heterocycles. The molecule has 5 nitrogen and oxygen atoms in total. The Labute approximate surface area is 196 Å². The summed E-state index contributed by atoms with van der Waals surface area (Å²) in [4.78, 5) is 18.1. The van der Waals surface area contributed by atoms with Gasteiger partial charge in [-0.05, 0) is 38.1 Å². The second-order valence-electron chi connectivity index (χ2n) is 8.31. The molecule has 3 aromatic rings. The molecular weight excluding hydrogens is 444 g/mol. The SMILES string of the molecule is Cc1noc(C)c1CSc1ccccc1C(=O)N1CCN(c2cccc(C(C)(F)F)c2)CC1. The molecule has 0 spiro atoms. The van der Waals surface area contributed by atoms with E-state index in [1.54, 1.807) is 17.8 Å². The van der Waals surface area contributed by atoms with Crippen LogP contribution in [0.2, 0.25) is 0 Å². The maximum absolute atomic E-state index is 13.7. The predicted molar refractivity (Wildman–Crippen MR) is 126 cm³/mol. The average molecular weight is 472 g/mol. The Morgan fingerprint density at radius 1 is 1.09 bits per heavy atom. The number of aryl methyl sites for hydroxylation is 2. The summed E-state index contributed by atoms with van der Waals surface area (Å²) in [7, 11) is 0. The van der Waals surface area contributed by atoms with Crippen LogP contribution < -0.4 is 4.90 Å². The summed E-state index contributed by atoms with van der Waals surface area (Å²) in [5, 5.41) is 4.00. The molecule has 174 valence electrons. The zero-order chi connectivity index (χ0) is 23.6. The number of amides is 1. The summed E-state index contributed by atoms with van der Waals surface area (Å²) in [6.45, 7) is 6.98. The van der Waals surface area contributed by atoms with E-state index in [1.807, 2.05) is 49.1 Å².